The Morgan fingerprint density at radius 2 is 1.59 bits per heavy atom. The maximum absolute atomic E-state index is 12.2. The molecule has 0 aromatic heterocycles. The van der Waals surface area contributed by atoms with Crippen LogP contribution < -0.4 is 9.57 Å². The molecule has 0 saturated carbocycles. The number of benzene rings is 3. The van der Waals surface area contributed by atoms with Crippen LogP contribution in [0.5, 0.6) is 5.75 Å². The number of halogens is 1. The fraction of sp³-hybridized carbons (Fsp3) is 0.0500. The predicted octanol–water partition coefficient (Wildman–Crippen LogP) is 4.23. The summed E-state index contributed by atoms with van der Waals surface area (Å²) in [6.45, 7) is 0.343. The van der Waals surface area contributed by atoms with Crippen molar-refractivity contribution < 1.29 is 13.2 Å². The monoisotopic (exact) mass is 400 g/mol. The average Bonchev–Trinajstić information content (AvgIpc) is 2.68. The number of ether oxygens (including phenoxy) is 1. The summed E-state index contributed by atoms with van der Waals surface area (Å²) in [6, 6.07) is 22.8. The number of nitrogens with one attached hydrogen (secondary N) is 1. The van der Waals surface area contributed by atoms with E-state index in [1.54, 1.807) is 0 Å². The van der Waals surface area contributed by atoms with E-state index in [0.717, 1.165) is 16.9 Å². The van der Waals surface area contributed by atoms with Gasteiger partial charge in [-0.15, -0.1) is 0 Å². The molecular formula is C20H17ClN2O3S. The third-order valence-corrected chi connectivity index (χ3v) is 5.18. The Balaban J connectivity index is 1.69. The lowest BCUT2D eigenvalue weighted by Crippen LogP contribution is -2.18. The third-order valence-electron chi connectivity index (χ3n) is 3.69. The third kappa shape index (κ3) is 5.32. The molecular weight excluding hydrogens is 384 g/mol. The first-order valence-corrected chi connectivity index (χ1v) is 9.97. The Hall–Kier alpha value is -2.83. The number of hydrazone groups is 1. The van der Waals surface area contributed by atoms with Gasteiger partial charge in [-0.25, -0.2) is 4.83 Å². The molecule has 0 aliphatic carbocycles. The zero-order valence-electron chi connectivity index (χ0n) is 14.2. The minimum Gasteiger partial charge on any atom is -0.489 e. The van der Waals surface area contributed by atoms with Gasteiger partial charge in [0.05, 0.1) is 11.1 Å². The number of para-hydroxylation sites is 1. The van der Waals surface area contributed by atoms with Crippen LogP contribution in [-0.4, -0.2) is 14.6 Å². The number of rotatable bonds is 7. The van der Waals surface area contributed by atoms with Crippen LogP contribution in [0.2, 0.25) is 5.02 Å². The van der Waals surface area contributed by atoms with Crippen LogP contribution in [-0.2, 0) is 16.6 Å². The lowest BCUT2D eigenvalue weighted by molar-refractivity contribution is 0.306. The summed E-state index contributed by atoms with van der Waals surface area (Å²) >= 11 is 5.78. The number of hydrogen-bond acceptors (Lipinski definition) is 4. The van der Waals surface area contributed by atoms with Crippen LogP contribution in [0.4, 0.5) is 0 Å². The number of nitrogens with zero attached hydrogens (tertiary/aromatic N) is 1. The van der Waals surface area contributed by atoms with Gasteiger partial charge in [0.25, 0.3) is 10.0 Å². The lowest BCUT2D eigenvalue weighted by Gasteiger charge is -2.08. The second-order valence-electron chi connectivity index (χ2n) is 5.61. The molecule has 5 nitrogen and oxygen atoms in total. The molecule has 0 aliphatic rings. The highest BCUT2D eigenvalue weighted by atomic mass is 35.5. The van der Waals surface area contributed by atoms with Gasteiger partial charge in [-0.1, -0.05) is 54.1 Å². The molecule has 0 saturated heterocycles. The highest BCUT2D eigenvalue weighted by molar-refractivity contribution is 7.89. The van der Waals surface area contributed by atoms with Crippen LogP contribution >= 0.6 is 11.6 Å². The summed E-state index contributed by atoms with van der Waals surface area (Å²) in [5, 5.41) is 4.34. The van der Waals surface area contributed by atoms with Crippen LogP contribution in [0.3, 0.4) is 0 Å². The molecule has 0 spiro atoms. The Kier molecular flexibility index (Phi) is 6.11. The van der Waals surface area contributed by atoms with Gasteiger partial charge in [0.15, 0.2) is 0 Å². The quantitative estimate of drug-likeness (QED) is 0.476. The summed E-state index contributed by atoms with van der Waals surface area (Å²) in [6.07, 6.45) is 1.46. The van der Waals surface area contributed by atoms with E-state index in [4.69, 9.17) is 16.3 Å². The van der Waals surface area contributed by atoms with Crippen LogP contribution in [0.1, 0.15) is 11.1 Å². The molecule has 1 N–H and O–H groups in total. The van der Waals surface area contributed by atoms with Gasteiger partial charge in [0, 0.05) is 10.6 Å². The summed E-state index contributed by atoms with van der Waals surface area (Å²) in [5.74, 6) is 0.757. The first kappa shape index (κ1) is 18.9. The second-order valence-corrected chi connectivity index (χ2v) is 7.70. The maximum atomic E-state index is 12.2. The largest absolute Gasteiger partial charge is 0.489 e. The molecule has 27 heavy (non-hydrogen) atoms. The minimum atomic E-state index is -3.75. The SMILES string of the molecule is O=S(=O)(N/N=C/c1ccccc1COc1ccccc1)c1ccc(Cl)cc1. The molecule has 0 aliphatic heterocycles. The Morgan fingerprint density at radius 1 is 0.926 bits per heavy atom. The molecule has 0 amide bonds. The number of hydrogen-bond donors (Lipinski definition) is 1. The summed E-state index contributed by atoms with van der Waals surface area (Å²) < 4.78 is 30.2. The van der Waals surface area contributed by atoms with Gasteiger partial charge in [0.2, 0.25) is 0 Å². The Morgan fingerprint density at radius 3 is 2.33 bits per heavy atom. The first-order chi connectivity index (χ1) is 13.0. The van der Waals surface area contributed by atoms with Gasteiger partial charge in [-0.05, 0) is 42.0 Å². The van der Waals surface area contributed by atoms with Crippen molar-refractivity contribution in [1.29, 1.82) is 0 Å². The summed E-state index contributed by atoms with van der Waals surface area (Å²) in [4.78, 5) is 2.29. The van der Waals surface area contributed by atoms with Crippen molar-refractivity contribution >= 4 is 27.8 Å². The van der Waals surface area contributed by atoms with E-state index in [0.29, 0.717) is 11.6 Å². The van der Waals surface area contributed by atoms with E-state index in [-0.39, 0.29) is 4.90 Å². The average molecular weight is 401 g/mol. The van der Waals surface area contributed by atoms with Gasteiger partial charge in [-0.2, -0.15) is 13.5 Å². The predicted molar refractivity (Wildman–Crippen MR) is 107 cm³/mol. The van der Waals surface area contributed by atoms with Crippen LogP contribution in [0.25, 0.3) is 0 Å². The molecule has 3 aromatic carbocycles. The molecule has 3 rings (SSSR count). The smallest absolute Gasteiger partial charge is 0.276 e. The molecule has 0 radical (unpaired) electrons. The topological polar surface area (TPSA) is 67.8 Å². The van der Waals surface area contributed by atoms with Crippen molar-refractivity contribution in [2.75, 3.05) is 0 Å². The highest BCUT2D eigenvalue weighted by Crippen LogP contribution is 2.15. The van der Waals surface area contributed by atoms with Crippen molar-refractivity contribution in [2.45, 2.75) is 11.5 Å². The molecule has 0 unspecified atom stereocenters. The van der Waals surface area contributed by atoms with Gasteiger partial charge >= 0.3 is 0 Å². The van der Waals surface area contributed by atoms with Gasteiger partial charge < -0.3 is 4.74 Å². The van der Waals surface area contributed by atoms with Crippen molar-refractivity contribution in [1.82, 2.24) is 4.83 Å². The normalized spacial score (nSPS) is 11.4. The van der Waals surface area contributed by atoms with Gasteiger partial charge in [-0.3, -0.25) is 0 Å². The molecule has 0 atom stereocenters. The molecule has 3 aromatic rings. The van der Waals surface area contributed by atoms with Crippen molar-refractivity contribution in [3.63, 3.8) is 0 Å². The second kappa shape index (κ2) is 8.70. The van der Waals surface area contributed by atoms with Crippen molar-refractivity contribution in [2.24, 2.45) is 5.10 Å². The summed E-state index contributed by atoms with van der Waals surface area (Å²) in [5.41, 5.74) is 1.64. The van der Waals surface area contributed by atoms with E-state index in [2.05, 4.69) is 9.93 Å². The maximum Gasteiger partial charge on any atom is 0.276 e. The molecule has 0 heterocycles. The lowest BCUT2D eigenvalue weighted by atomic mass is 10.1. The summed E-state index contributed by atoms with van der Waals surface area (Å²) in [7, 11) is -3.75. The van der Waals surface area contributed by atoms with E-state index < -0.39 is 10.0 Å². The molecule has 7 heteroatoms. The van der Waals surface area contributed by atoms with Crippen LogP contribution in [0.15, 0.2) is 88.9 Å². The first-order valence-electron chi connectivity index (χ1n) is 8.11. The number of sulfonamides is 1. The minimum absolute atomic E-state index is 0.0877. The zero-order valence-corrected chi connectivity index (χ0v) is 15.8. The highest BCUT2D eigenvalue weighted by Gasteiger charge is 2.12. The molecule has 0 fully saturated rings. The van der Waals surface area contributed by atoms with E-state index in [1.165, 1.54) is 30.5 Å². The fourth-order valence-corrected chi connectivity index (χ4v) is 3.22. The van der Waals surface area contributed by atoms with E-state index in [9.17, 15) is 8.42 Å². The van der Waals surface area contributed by atoms with E-state index in [1.807, 2.05) is 54.6 Å². The fourth-order valence-electron chi connectivity index (χ4n) is 2.30. The van der Waals surface area contributed by atoms with Gasteiger partial charge in [0.1, 0.15) is 12.4 Å². The molecule has 0 bridgehead atoms. The van der Waals surface area contributed by atoms with Crippen molar-refractivity contribution in [3.8, 4) is 5.75 Å². The van der Waals surface area contributed by atoms with Crippen LogP contribution in [0, 0.1) is 0 Å². The van der Waals surface area contributed by atoms with E-state index >= 15 is 0 Å². The zero-order chi connectivity index (χ0) is 19.1. The van der Waals surface area contributed by atoms with Crippen molar-refractivity contribution in [3.05, 3.63) is 95.0 Å². The standard InChI is InChI=1S/C20H17ClN2O3S/c21-18-10-12-20(13-11-18)27(24,25)23-22-14-16-6-4-5-7-17(16)15-26-19-8-2-1-3-9-19/h1-14,23H,15H2/b22-14+. The Labute approximate surface area is 163 Å². The molecule has 138 valence electrons. The Bertz CT molecular complexity index is 1020.